The van der Waals surface area contributed by atoms with Gasteiger partial charge in [-0.05, 0) is 60.9 Å². The van der Waals surface area contributed by atoms with Crippen LogP contribution >= 0.6 is 0 Å². The SMILES string of the molecule is CCS(=O)(=O)N1CCc2cc(C(=O)COC(=O)/C=C/c3ccc(F)cc3)ccc21. The van der Waals surface area contributed by atoms with Gasteiger partial charge in [-0.1, -0.05) is 12.1 Å². The van der Waals surface area contributed by atoms with Gasteiger partial charge in [-0.25, -0.2) is 17.6 Å². The quantitative estimate of drug-likeness (QED) is 0.393. The van der Waals surface area contributed by atoms with E-state index in [1.807, 2.05) is 0 Å². The third kappa shape index (κ3) is 4.89. The third-order valence-electron chi connectivity index (χ3n) is 4.58. The van der Waals surface area contributed by atoms with E-state index in [-0.39, 0.29) is 17.4 Å². The predicted octanol–water partition coefficient (Wildman–Crippen LogP) is 2.98. The molecule has 8 heteroatoms. The Hall–Kier alpha value is -3.00. The van der Waals surface area contributed by atoms with Crippen molar-refractivity contribution in [2.24, 2.45) is 0 Å². The first-order valence-electron chi connectivity index (χ1n) is 9.07. The minimum absolute atomic E-state index is 0.00845. The Morgan fingerprint density at radius 2 is 1.90 bits per heavy atom. The van der Waals surface area contributed by atoms with Gasteiger partial charge in [0.25, 0.3) is 0 Å². The summed E-state index contributed by atoms with van der Waals surface area (Å²) >= 11 is 0. The molecule has 152 valence electrons. The van der Waals surface area contributed by atoms with Crippen molar-refractivity contribution in [1.82, 2.24) is 0 Å². The number of nitrogens with zero attached hydrogens (tertiary/aromatic N) is 1. The summed E-state index contributed by atoms with van der Waals surface area (Å²) < 4.78 is 43.4. The topological polar surface area (TPSA) is 80.8 Å². The lowest BCUT2D eigenvalue weighted by Gasteiger charge is -2.18. The van der Waals surface area contributed by atoms with Crippen molar-refractivity contribution in [2.75, 3.05) is 23.2 Å². The molecule has 0 radical (unpaired) electrons. The summed E-state index contributed by atoms with van der Waals surface area (Å²) in [5.41, 5.74) is 2.34. The zero-order valence-electron chi connectivity index (χ0n) is 15.8. The van der Waals surface area contributed by atoms with Gasteiger partial charge in [0.2, 0.25) is 10.0 Å². The van der Waals surface area contributed by atoms with E-state index in [0.29, 0.717) is 29.8 Å². The van der Waals surface area contributed by atoms with Crippen molar-refractivity contribution in [3.8, 4) is 0 Å². The Balaban J connectivity index is 1.60. The molecule has 1 aliphatic heterocycles. The lowest BCUT2D eigenvalue weighted by molar-refractivity contribution is -0.136. The normalized spacial score (nSPS) is 13.5. The van der Waals surface area contributed by atoms with Crippen molar-refractivity contribution < 1.29 is 27.1 Å². The molecule has 1 heterocycles. The summed E-state index contributed by atoms with van der Waals surface area (Å²) in [7, 11) is -3.35. The number of ketones is 1. The molecule has 29 heavy (non-hydrogen) atoms. The Kier molecular flexibility index (Phi) is 6.12. The van der Waals surface area contributed by atoms with Crippen molar-refractivity contribution in [1.29, 1.82) is 0 Å². The van der Waals surface area contributed by atoms with Gasteiger partial charge in [-0.15, -0.1) is 0 Å². The molecule has 0 atom stereocenters. The highest BCUT2D eigenvalue weighted by Crippen LogP contribution is 2.31. The molecule has 0 unspecified atom stereocenters. The van der Waals surface area contributed by atoms with E-state index in [2.05, 4.69) is 0 Å². The minimum atomic E-state index is -3.35. The number of fused-ring (bicyclic) bond motifs is 1. The number of rotatable bonds is 7. The number of Topliss-reactive ketones (excluding diaryl/α,β-unsaturated/α-hetero) is 1. The summed E-state index contributed by atoms with van der Waals surface area (Å²) in [6.07, 6.45) is 3.15. The van der Waals surface area contributed by atoms with Gasteiger partial charge in [-0.3, -0.25) is 9.10 Å². The van der Waals surface area contributed by atoms with E-state index in [1.165, 1.54) is 40.7 Å². The van der Waals surface area contributed by atoms with E-state index in [0.717, 1.165) is 11.6 Å². The Labute approximate surface area is 168 Å². The molecule has 1 aliphatic rings. The largest absolute Gasteiger partial charge is 0.454 e. The van der Waals surface area contributed by atoms with Crippen LogP contribution in [0, 0.1) is 5.82 Å². The number of hydrogen-bond acceptors (Lipinski definition) is 5. The highest BCUT2D eigenvalue weighted by atomic mass is 32.2. The van der Waals surface area contributed by atoms with Crippen LogP contribution in [0.15, 0.2) is 48.5 Å². The molecule has 0 saturated carbocycles. The number of benzene rings is 2. The number of anilines is 1. The zero-order valence-corrected chi connectivity index (χ0v) is 16.6. The van der Waals surface area contributed by atoms with Gasteiger partial charge >= 0.3 is 5.97 Å². The van der Waals surface area contributed by atoms with Gasteiger partial charge in [0.1, 0.15) is 5.82 Å². The van der Waals surface area contributed by atoms with E-state index in [4.69, 9.17) is 4.74 Å². The molecule has 0 aliphatic carbocycles. The summed E-state index contributed by atoms with van der Waals surface area (Å²) in [5, 5.41) is 0. The molecule has 6 nitrogen and oxygen atoms in total. The first kappa shape index (κ1) is 20.7. The summed E-state index contributed by atoms with van der Waals surface area (Å²) in [6, 6.07) is 10.4. The molecule has 0 spiro atoms. The lowest BCUT2D eigenvalue weighted by atomic mass is 10.1. The van der Waals surface area contributed by atoms with E-state index < -0.39 is 22.6 Å². The maximum Gasteiger partial charge on any atom is 0.331 e. The van der Waals surface area contributed by atoms with Crippen LogP contribution in [0.4, 0.5) is 10.1 Å². The van der Waals surface area contributed by atoms with E-state index >= 15 is 0 Å². The Bertz CT molecular complexity index is 1060. The number of carbonyl (C=O) groups is 2. The van der Waals surface area contributed by atoms with Crippen molar-refractivity contribution in [3.05, 3.63) is 71.0 Å². The van der Waals surface area contributed by atoms with Crippen LogP contribution < -0.4 is 4.31 Å². The summed E-state index contributed by atoms with van der Waals surface area (Å²) in [4.78, 5) is 24.1. The fourth-order valence-corrected chi connectivity index (χ4v) is 4.15. The van der Waals surface area contributed by atoms with Gasteiger partial charge in [0.15, 0.2) is 12.4 Å². The Morgan fingerprint density at radius 1 is 1.17 bits per heavy atom. The van der Waals surface area contributed by atoms with Crippen LogP contribution in [0.3, 0.4) is 0 Å². The van der Waals surface area contributed by atoms with Gasteiger partial charge in [0, 0.05) is 18.2 Å². The van der Waals surface area contributed by atoms with E-state index in [9.17, 15) is 22.4 Å². The number of hydrogen-bond donors (Lipinski definition) is 0. The molecular formula is C21H20FNO5S. The highest BCUT2D eigenvalue weighted by Gasteiger charge is 2.28. The second kappa shape index (κ2) is 8.57. The van der Waals surface area contributed by atoms with Gasteiger partial charge in [-0.2, -0.15) is 0 Å². The monoisotopic (exact) mass is 417 g/mol. The number of halogens is 1. The molecule has 0 aromatic heterocycles. The first-order valence-corrected chi connectivity index (χ1v) is 10.7. The van der Waals surface area contributed by atoms with Crippen LogP contribution in [-0.4, -0.2) is 39.1 Å². The molecule has 2 aromatic carbocycles. The average Bonchev–Trinajstić information content (AvgIpc) is 3.15. The lowest BCUT2D eigenvalue weighted by Crippen LogP contribution is -2.30. The average molecular weight is 417 g/mol. The number of ether oxygens (including phenoxy) is 1. The van der Waals surface area contributed by atoms with Gasteiger partial charge in [0.05, 0.1) is 11.4 Å². The van der Waals surface area contributed by atoms with Crippen LogP contribution in [0.2, 0.25) is 0 Å². The van der Waals surface area contributed by atoms with Crippen LogP contribution in [0.1, 0.15) is 28.4 Å². The summed E-state index contributed by atoms with van der Waals surface area (Å²) in [5.74, 6) is -1.44. The van der Waals surface area contributed by atoms with Crippen LogP contribution in [0.5, 0.6) is 0 Å². The third-order valence-corrected chi connectivity index (χ3v) is 6.36. The fourth-order valence-electron chi connectivity index (χ4n) is 3.00. The smallest absolute Gasteiger partial charge is 0.331 e. The summed E-state index contributed by atoms with van der Waals surface area (Å²) in [6.45, 7) is 1.51. The maximum atomic E-state index is 12.9. The minimum Gasteiger partial charge on any atom is -0.454 e. The number of esters is 1. The van der Waals surface area contributed by atoms with Crippen molar-refractivity contribution in [3.63, 3.8) is 0 Å². The molecule has 0 amide bonds. The first-order chi connectivity index (χ1) is 13.8. The van der Waals surface area contributed by atoms with Crippen molar-refractivity contribution in [2.45, 2.75) is 13.3 Å². The zero-order chi connectivity index (χ0) is 21.0. The number of sulfonamides is 1. The number of carbonyl (C=O) groups excluding carboxylic acids is 2. The molecular weight excluding hydrogens is 397 g/mol. The molecule has 0 N–H and O–H groups in total. The second-order valence-corrected chi connectivity index (χ2v) is 8.66. The molecule has 3 rings (SSSR count). The standard InChI is InChI=1S/C21H20FNO5S/c1-2-29(26,27)23-12-11-16-13-17(6-9-19(16)23)20(24)14-28-21(25)10-5-15-3-7-18(22)8-4-15/h3-10,13H,2,11-12,14H2,1H3/b10-5+. The van der Waals surface area contributed by atoms with Gasteiger partial charge < -0.3 is 4.74 Å². The predicted molar refractivity (Wildman–Crippen MR) is 108 cm³/mol. The second-order valence-electron chi connectivity index (χ2n) is 6.48. The van der Waals surface area contributed by atoms with Crippen molar-refractivity contribution >= 4 is 33.5 Å². The fraction of sp³-hybridized carbons (Fsp3) is 0.238. The highest BCUT2D eigenvalue weighted by molar-refractivity contribution is 7.92. The van der Waals surface area contributed by atoms with E-state index in [1.54, 1.807) is 19.1 Å². The Morgan fingerprint density at radius 3 is 2.59 bits per heavy atom. The molecule has 0 saturated heterocycles. The molecule has 2 aromatic rings. The van der Waals surface area contributed by atoms with Crippen LogP contribution in [0.25, 0.3) is 6.08 Å². The maximum absolute atomic E-state index is 12.9. The molecule has 0 fully saturated rings. The molecule has 0 bridgehead atoms. The van der Waals surface area contributed by atoms with Crippen LogP contribution in [-0.2, 0) is 26.0 Å².